The Morgan fingerprint density at radius 1 is 1.57 bits per heavy atom. The molecular formula is C7H10F3N3S. The number of anilines is 1. The van der Waals surface area contributed by atoms with Crippen LogP contribution in [0.2, 0.25) is 0 Å². The molecule has 1 rings (SSSR count). The number of thioether (sulfide) groups is 1. The van der Waals surface area contributed by atoms with Gasteiger partial charge in [-0.3, -0.25) is 4.68 Å². The van der Waals surface area contributed by atoms with E-state index in [1.165, 1.54) is 10.9 Å². The first-order chi connectivity index (χ1) is 6.40. The summed E-state index contributed by atoms with van der Waals surface area (Å²) in [6.45, 7) is 1.94. The van der Waals surface area contributed by atoms with Gasteiger partial charge in [-0.1, -0.05) is 0 Å². The van der Waals surface area contributed by atoms with Gasteiger partial charge < -0.3 is 5.73 Å². The maximum atomic E-state index is 11.8. The quantitative estimate of drug-likeness (QED) is 0.855. The topological polar surface area (TPSA) is 43.8 Å². The SMILES string of the molecule is Cc1c(N)cnn1CCSC(F)(F)F. The zero-order chi connectivity index (χ0) is 10.8. The Kier molecular flexibility index (Phi) is 3.30. The average molecular weight is 225 g/mol. The largest absolute Gasteiger partial charge is 0.441 e. The number of rotatable bonds is 3. The Bertz CT molecular complexity index is 308. The summed E-state index contributed by atoms with van der Waals surface area (Å²) in [5.74, 6) is -0.0501. The second-order valence-electron chi connectivity index (χ2n) is 2.70. The van der Waals surface area contributed by atoms with Crippen molar-refractivity contribution >= 4 is 17.4 Å². The fraction of sp³-hybridized carbons (Fsp3) is 0.571. The zero-order valence-corrected chi connectivity index (χ0v) is 8.32. The molecule has 0 bridgehead atoms. The van der Waals surface area contributed by atoms with E-state index in [2.05, 4.69) is 5.10 Å². The van der Waals surface area contributed by atoms with Crippen molar-refractivity contribution in [2.75, 3.05) is 11.5 Å². The summed E-state index contributed by atoms with van der Waals surface area (Å²) in [5, 5.41) is 3.85. The summed E-state index contributed by atoms with van der Waals surface area (Å²) in [6.07, 6.45) is 1.44. The highest BCUT2D eigenvalue weighted by Gasteiger charge is 2.27. The van der Waals surface area contributed by atoms with E-state index in [1.807, 2.05) is 0 Å². The molecule has 80 valence electrons. The molecule has 0 unspecified atom stereocenters. The van der Waals surface area contributed by atoms with Gasteiger partial charge in [0.15, 0.2) is 0 Å². The standard InChI is InChI=1S/C7H10F3N3S/c1-5-6(11)4-12-13(5)2-3-14-7(8,9)10/h4H,2-3,11H2,1H3. The van der Waals surface area contributed by atoms with Crippen molar-refractivity contribution in [1.29, 1.82) is 0 Å². The van der Waals surface area contributed by atoms with E-state index in [0.717, 1.165) is 0 Å². The predicted octanol–water partition coefficient (Wildman–Crippen LogP) is 2.03. The van der Waals surface area contributed by atoms with Gasteiger partial charge in [0.1, 0.15) is 0 Å². The van der Waals surface area contributed by atoms with E-state index in [-0.39, 0.29) is 24.1 Å². The van der Waals surface area contributed by atoms with Crippen LogP contribution in [0.4, 0.5) is 18.9 Å². The third-order valence-electron chi connectivity index (χ3n) is 1.71. The van der Waals surface area contributed by atoms with Crippen LogP contribution in [0.15, 0.2) is 6.20 Å². The number of aryl methyl sites for hydroxylation is 1. The average Bonchev–Trinajstić information content (AvgIpc) is 2.33. The Hall–Kier alpha value is -0.850. The van der Waals surface area contributed by atoms with Crippen LogP contribution in [0.25, 0.3) is 0 Å². The van der Waals surface area contributed by atoms with Crippen LogP contribution in [0.1, 0.15) is 5.69 Å². The minimum Gasteiger partial charge on any atom is -0.396 e. The second-order valence-corrected chi connectivity index (χ2v) is 3.86. The molecule has 0 atom stereocenters. The highest BCUT2D eigenvalue weighted by atomic mass is 32.2. The second kappa shape index (κ2) is 4.12. The van der Waals surface area contributed by atoms with Crippen molar-refractivity contribution in [2.45, 2.75) is 19.0 Å². The van der Waals surface area contributed by atoms with Crippen molar-refractivity contribution in [3.63, 3.8) is 0 Å². The van der Waals surface area contributed by atoms with E-state index in [9.17, 15) is 13.2 Å². The van der Waals surface area contributed by atoms with Gasteiger partial charge in [0, 0.05) is 5.75 Å². The van der Waals surface area contributed by atoms with Gasteiger partial charge in [0.05, 0.1) is 24.1 Å². The van der Waals surface area contributed by atoms with E-state index in [0.29, 0.717) is 11.4 Å². The molecular weight excluding hydrogens is 215 g/mol. The Labute approximate surface area is 83.5 Å². The third kappa shape index (κ3) is 3.13. The fourth-order valence-corrected chi connectivity index (χ4v) is 1.43. The summed E-state index contributed by atoms with van der Waals surface area (Å²) in [4.78, 5) is 0. The molecule has 0 saturated heterocycles. The summed E-state index contributed by atoms with van der Waals surface area (Å²) in [6, 6.07) is 0. The highest BCUT2D eigenvalue weighted by molar-refractivity contribution is 8.00. The molecule has 0 spiro atoms. The lowest BCUT2D eigenvalue weighted by Gasteiger charge is -2.06. The van der Waals surface area contributed by atoms with Gasteiger partial charge in [0.25, 0.3) is 0 Å². The van der Waals surface area contributed by atoms with Crippen LogP contribution in [-0.4, -0.2) is 21.0 Å². The molecule has 0 aliphatic rings. The third-order valence-corrected chi connectivity index (χ3v) is 2.42. The van der Waals surface area contributed by atoms with Crippen molar-refractivity contribution in [1.82, 2.24) is 9.78 Å². The number of aromatic nitrogens is 2. The molecule has 1 aromatic heterocycles. The molecule has 0 saturated carbocycles. The maximum absolute atomic E-state index is 11.8. The molecule has 1 aromatic rings. The minimum absolute atomic E-state index is 0.0501. The monoisotopic (exact) mass is 225 g/mol. The molecule has 0 aromatic carbocycles. The number of hydrogen-bond donors (Lipinski definition) is 1. The van der Waals surface area contributed by atoms with E-state index >= 15 is 0 Å². The van der Waals surface area contributed by atoms with Gasteiger partial charge in [-0.15, -0.1) is 0 Å². The number of halogens is 3. The number of nitrogens with zero attached hydrogens (tertiary/aromatic N) is 2. The van der Waals surface area contributed by atoms with E-state index < -0.39 is 5.51 Å². The lowest BCUT2D eigenvalue weighted by atomic mass is 10.4. The van der Waals surface area contributed by atoms with Crippen LogP contribution in [0.3, 0.4) is 0 Å². The molecule has 0 radical (unpaired) electrons. The first-order valence-corrected chi connectivity index (χ1v) is 4.87. The van der Waals surface area contributed by atoms with Gasteiger partial charge in [0.2, 0.25) is 0 Å². The first kappa shape index (κ1) is 11.2. The van der Waals surface area contributed by atoms with Crippen molar-refractivity contribution in [2.24, 2.45) is 0 Å². The van der Waals surface area contributed by atoms with Crippen molar-refractivity contribution in [3.8, 4) is 0 Å². The normalized spacial score (nSPS) is 12.0. The van der Waals surface area contributed by atoms with Gasteiger partial charge in [-0.05, 0) is 18.7 Å². The van der Waals surface area contributed by atoms with Crippen LogP contribution < -0.4 is 5.73 Å². The lowest BCUT2D eigenvalue weighted by molar-refractivity contribution is -0.0328. The Morgan fingerprint density at radius 3 is 2.64 bits per heavy atom. The molecule has 1 heterocycles. The number of alkyl halides is 3. The molecule has 14 heavy (non-hydrogen) atoms. The maximum Gasteiger partial charge on any atom is 0.441 e. The fourth-order valence-electron chi connectivity index (χ4n) is 0.934. The van der Waals surface area contributed by atoms with Crippen LogP contribution >= 0.6 is 11.8 Å². The van der Waals surface area contributed by atoms with Crippen molar-refractivity contribution < 1.29 is 13.2 Å². The summed E-state index contributed by atoms with van der Waals surface area (Å²) in [5.41, 5.74) is 2.52. The lowest BCUT2D eigenvalue weighted by Crippen LogP contribution is -2.09. The van der Waals surface area contributed by atoms with Crippen LogP contribution in [-0.2, 0) is 6.54 Å². The number of hydrogen-bond acceptors (Lipinski definition) is 3. The molecule has 3 nitrogen and oxygen atoms in total. The molecule has 0 aliphatic heterocycles. The molecule has 2 N–H and O–H groups in total. The van der Waals surface area contributed by atoms with Gasteiger partial charge >= 0.3 is 5.51 Å². The zero-order valence-electron chi connectivity index (χ0n) is 7.51. The Balaban J connectivity index is 2.43. The summed E-state index contributed by atoms with van der Waals surface area (Å²) < 4.78 is 36.8. The first-order valence-electron chi connectivity index (χ1n) is 3.89. The smallest absolute Gasteiger partial charge is 0.396 e. The summed E-state index contributed by atoms with van der Waals surface area (Å²) in [7, 11) is 0. The summed E-state index contributed by atoms with van der Waals surface area (Å²) >= 11 is -0.0553. The molecule has 0 aliphatic carbocycles. The van der Waals surface area contributed by atoms with Gasteiger partial charge in [-0.2, -0.15) is 18.3 Å². The molecule has 7 heteroatoms. The predicted molar refractivity (Wildman–Crippen MR) is 49.9 cm³/mol. The number of nitrogen functional groups attached to an aromatic ring is 1. The van der Waals surface area contributed by atoms with Crippen LogP contribution in [0, 0.1) is 6.92 Å². The molecule has 0 fully saturated rings. The molecule has 0 amide bonds. The van der Waals surface area contributed by atoms with E-state index in [1.54, 1.807) is 6.92 Å². The van der Waals surface area contributed by atoms with E-state index in [4.69, 9.17) is 5.73 Å². The van der Waals surface area contributed by atoms with Crippen molar-refractivity contribution in [3.05, 3.63) is 11.9 Å². The highest BCUT2D eigenvalue weighted by Crippen LogP contribution is 2.30. The number of nitrogens with two attached hydrogens (primary N) is 1. The minimum atomic E-state index is -4.17. The van der Waals surface area contributed by atoms with Gasteiger partial charge in [-0.25, -0.2) is 0 Å². The Morgan fingerprint density at radius 2 is 2.21 bits per heavy atom. The van der Waals surface area contributed by atoms with Crippen LogP contribution in [0.5, 0.6) is 0 Å².